The molecular formula is C22H24N4O4S2. The van der Waals surface area contributed by atoms with Crippen LogP contribution in [0.5, 0.6) is 5.75 Å². The van der Waals surface area contributed by atoms with Crippen molar-refractivity contribution in [3.63, 3.8) is 0 Å². The minimum absolute atomic E-state index is 0.0568. The summed E-state index contributed by atoms with van der Waals surface area (Å²) in [4.78, 5) is 15.0. The highest BCUT2D eigenvalue weighted by Crippen LogP contribution is 2.31. The van der Waals surface area contributed by atoms with Crippen molar-refractivity contribution in [1.82, 2.24) is 10.2 Å². The minimum Gasteiger partial charge on any atom is -0.491 e. The normalized spacial score (nSPS) is 13.7. The summed E-state index contributed by atoms with van der Waals surface area (Å²) in [5, 5.41) is 8.55. The van der Waals surface area contributed by atoms with Gasteiger partial charge >= 0.3 is 0 Å². The summed E-state index contributed by atoms with van der Waals surface area (Å²) >= 11 is 1.17. The summed E-state index contributed by atoms with van der Waals surface area (Å²) < 4.78 is 33.7. The topological polar surface area (TPSA) is 101 Å². The number of rotatable bonds is 6. The quantitative estimate of drug-likeness (QED) is 0.581. The summed E-state index contributed by atoms with van der Waals surface area (Å²) in [6.07, 6.45) is 1.50. The maximum atomic E-state index is 13.2. The number of ether oxygens (including phenoxy) is 1. The van der Waals surface area contributed by atoms with Crippen molar-refractivity contribution in [1.29, 1.82) is 0 Å². The van der Waals surface area contributed by atoms with Gasteiger partial charge in [-0.15, -0.1) is 10.2 Å². The van der Waals surface area contributed by atoms with Crippen LogP contribution in [0.3, 0.4) is 0 Å². The zero-order chi connectivity index (χ0) is 22.9. The Morgan fingerprint density at radius 1 is 1.16 bits per heavy atom. The standard InChI is InChI=1S/C22H24N4O4S2/c1-14(2)30-18-8-6-16(7-9-18)21(27)26-12-4-5-17-13-19(10-11-20(17)26)32(28,29)25-22-24-23-15(3)31-22/h6-11,13-14H,4-5,12H2,1-3H3,(H,24,25). The number of hydrogen-bond donors (Lipinski definition) is 1. The predicted molar refractivity (Wildman–Crippen MR) is 124 cm³/mol. The van der Waals surface area contributed by atoms with Crippen LogP contribution in [0.15, 0.2) is 47.4 Å². The molecule has 1 aromatic heterocycles. The van der Waals surface area contributed by atoms with Gasteiger partial charge in [0, 0.05) is 17.8 Å². The molecule has 0 aliphatic carbocycles. The summed E-state index contributed by atoms with van der Waals surface area (Å²) in [5.41, 5.74) is 2.11. The van der Waals surface area contributed by atoms with Crippen LogP contribution in [-0.2, 0) is 16.4 Å². The van der Waals surface area contributed by atoms with Gasteiger partial charge in [-0.05, 0) is 81.6 Å². The van der Waals surface area contributed by atoms with Crippen LogP contribution in [0.1, 0.15) is 41.2 Å². The van der Waals surface area contributed by atoms with E-state index in [0.717, 1.165) is 17.7 Å². The summed E-state index contributed by atoms with van der Waals surface area (Å²) in [6.45, 7) is 6.22. The van der Waals surface area contributed by atoms with Gasteiger partial charge in [-0.1, -0.05) is 11.3 Å². The molecule has 10 heteroatoms. The molecule has 0 saturated carbocycles. The first-order chi connectivity index (χ1) is 15.2. The second-order valence-corrected chi connectivity index (χ2v) is 10.6. The number of amides is 1. The van der Waals surface area contributed by atoms with E-state index < -0.39 is 10.0 Å². The smallest absolute Gasteiger partial charge is 0.263 e. The fourth-order valence-electron chi connectivity index (χ4n) is 3.57. The number of hydrogen-bond acceptors (Lipinski definition) is 7. The van der Waals surface area contributed by atoms with Gasteiger partial charge in [0.05, 0.1) is 11.0 Å². The Hall–Kier alpha value is -2.98. The molecule has 0 fully saturated rings. The number of aromatic nitrogens is 2. The molecule has 0 spiro atoms. The maximum Gasteiger partial charge on any atom is 0.263 e. The number of sulfonamides is 1. The minimum atomic E-state index is -3.80. The molecule has 2 aromatic carbocycles. The van der Waals surface area contributed by atoms with Gasteiger partial charge in [0.15, 0.2) is 0 Å². The Morgan fingerprint density at radius 3 is 2.56 bits per heavy atom. The SMILES string of the molecule is Cc1nnc(NS(=O)(=O)c2ccc3c(c2)CCCN3C(=O)c2ccc(OC(C)C)cc2)s1. The second-order valence-electron chi connectivity index (χ2n) is 7.77. The lowest BCUT2D eigenvalue weighted by Crippen LogP contribution is -2.35. The first-order valence-electron chi connectivity index (χ1n) is 10.3. The molecular weight excluding hydrogens is 448 g/mol. The van der Waals surface area contributed by atoms with Crippen molar-refractivity contribution in [3.05, 3.63) is 58.6 Å². The molecule has 0 unspecified atom stereocenters. The number of anilines is 2. The molecule has 1 aliphatic rings. The number of nitrogens with one attached hydrogen (secondary N) is 1. The number of aryl methyl sites for hydroxylation is 2. The van der Waals surface area contributed by atoms with Crippen molar-refractivity contribution in [2.75, 3.05) is 16.2 Å². The Morgan fingerprint density at radius 2 is 1.91 bits per heavy atom. The zero-order valence-corrected chi connectivity index (χ0v) is 19.7. The Kier molecular flexibility index (Phi) is 6.16. The average Bonchev–Trinajstić information content (AvgIpc) is 3.16. The van der Waals surface area contributed by atoms with Crippen LogP contribution < -0.4 is 14.4 Å². The maximum absolute atomic E-state index is 13.2. The van der Waals surface area contributed by atoms with Crippen LogP contribution in [0.25, 0.3) is 0 Å². The highest BCUT2D eigenvalue weighted by atomic mass is 32.2. The van der Waals surface area contributed by atoms with E-state index in [4.69, 9.17) is 4.74 Å². The molecule has 1 N–H and O–H groups in total. The van der Waals surface area contributed by atoms with E-state index in [0.29, 0.717) is 29.3 Å². The van der Waals surface area contributed by atoms with Gasteiger partial charge in [-0.25, -0.2) is 8.42 Å². The first kappa shape index (κ1) is 22.2. The van der Waals surface area contributed by atoms with Crippen LogP contribution in [0.2, 0.25) is 0 Å². The largest absolute Gasteiger partial charge is 0.491 e. The molecule has 8 nitrogen and oxygen atoms in total. The molecule has 0 radical (unpaired) electrons. The van der Waals surface area contributed by atoms with E-state index in [1.807, 2.05) is 13.8 Å². The molecule has 0 saturated heterocycles. The summed E-state index contributed by atoms with van der Waals surface area (Å²) in [5.74, 6) is 0.587. The summed E-state index contributed by atoms with van der Waals surface area (Å²) in [7, 11) is -3.80. The van der Waals surface area contributed by atoms with Crippen molar-refractivity contribution in [2.45, 2.75) is 44.6 Å². The molecule has 32 heavy (non-hydrogen) atoms. The molecule has 2 heterocycles. The van der Waals surface area contributed by atoms with E-state index in [2.05, 4.69) is 14.9 Å². The molecule has 1 amide bonds. The lowest BCUT2D eigenvalue weighted by Gasteiger charge is -2.30. The third-order valence-corrected chi connectivity index (χ3v) is 7.17. The monoisotopic (exact) mass is 472 g/mol. The first-order valence-corrected chi connectivity index (χ1v) is 12.6. The highest BCUT2D eigenvalue weighted by Gasteiger charge is 2.26. The average molecular weight is 473 g/mol. The number of carbonyl (C=O) groups is 1. The molecule has 4 rings (SSSR count). The number of nitrogens with zero attached hydrogens (tertiary/aromatic N) is 3. The lowest BCUT2D eigenvalue weighted by molar-refractivity contribution is 0.0985. The van der Waals surface area contributed by atoms with E-state index in [1.165, 1.54) is 17.4 Å². The lowest BCUT2D eigenvalue weighted by atomic mass is 10.0. The molecule has 0 bridgehead atoms. The van der Waals surface area contributed by atoms with Crippen LogP contribution in [0, 0.1) is 6.92 Å². The fraction of sp³-hybridized carbons (Fsp3) is 0.318. The van der Waals surface area contributed by atoms with E-state index >= 15 is 0 Å². The van der Waals surface area contributed by atoms with Crippen molar-refractivity contribution in [2.24, 2.45) is 0 Å². The fourth-order valence-corrected chi connectivity index (χ4v) is 5.44. The number of carbonyl (C=O) groups excluding carboxylic acids is 1. The Balaban J connectivity index is 1.57. The van der Waals surface area contributed by atoms with Gasteiger partial charge in [0.25, 0.3) is 15.9 Å². The van der Waals surface area contributed by atoms with Crippen LogP contribution in [-0.4, -0.2) is 37.2 Å². The van der Waals surface area contributed by atoms with Gasteiger partial charge in [0.1, 0.15) is 10.8 Å². The molecule has 1 aliphatic heterocycles. The van der Waals surface area contributed by atoms with E-state index in [1.54, 1.807) is 48.2 Å². The van der Waals surface area contributed by atoms with Crippen LogP contribution >= 0.6 is 11.3 Å². The Bertz CT molecular complexity index is 1240. The Labute approximate surface area is 191 Å². The van der Waals surface area contributed by atoms with Crippen molar-refractivity contribution >= 4 is 38.1 Å². The predicted octanol–water partition coefficient (Wildman–Crippen LogP) is 4.03. The van der Waals surface area contributed by atoms with Gasteiger partial charge in [-0.2, -0.15) is 0 Å². The van der Waals surface area contributed by atoms with Crippen LogP contribution in [0.4, 0.5) is 10.8 Å². The highest BCUT2D eigenvalue weighted by molar-refractivity contribution is 7.93. The van der Waals surface area contributed by atoms with E-state index in [-0.39, 0.29) is 22.0 Å². The molecule has 0 atom stereocenters. The molecule has 168 valence electrons. The zero-order valence-electron chi connectivity index (χ0n) is 18.0. The third kappa shape index (κ3) is 4.76. The van der Waals surface area contributed by atoms with E-state index in [9.17, 15) is 13.2 Å². The molecule has 3 aromatic rings. The number of fused-ring (bicyclic) bond motifs is 1. The van der Waals surface area contributed by atoms with Crippen molar-refractivity contribution < 1.29 is 17.9 Å². The summed E-state index contributed by atoms with van der Waals surface area (Å²) in [6, 6.07) is 11.9. The third-order valence-electron chi connectivity index (χ3n) is 4.95. The second kappa shape index (κ2) is 8.87. The van der Waals surface area contributed by atoms with Crippen molar-refractivity contribution in [3.8, 4) is 5.75 Å². The van der Waals surface area contributed by atoms with Gasteiger partial charge in [-0.3, -0.25) is 9.52 Å². The van der Waals surface area contributed by atoms with Gasteiger partial charge in [0.2, 0.25) is 5.13 Å². The number of benzene rings is 2. The van der Waals surface area contributed by atoms with Gasteiger partial charge < -0.3 is 9.64 Å².